The average molecular weight is 378 g/mol. The number of nitrogens with zero attached hydrogens (tertiary/aromatic N) is 2. The lowest BCUT2D eigenvalue weighted by Gasteiger charge is -2.21. The Kier molecular flexibility index (Phi) is 4.93. The highest BCUT2D eigenvalue weighted by Gasteiger charge is 2.51. The zero-order chi connectivity index (χ0) is 18.9. The quantitative estimate of drug-likeness (QED) is 0.798. The molecule has 1 aliphatic rings. The van der Waals surface area contributed by atoms with Gasteiger partial charge in [0.1, 0.15) is 5.82 Å². The molecule has 1 aliphatic heterocycles. The van der Waals surface area contributed by atoms with Crippen LogP contribution < -0.4 is 10.2 Å². The van der Waals surface area contributed by atoms with Gasteiger partial charge >= 0.3 is 0 Å². The summed E-state index contributed by atoms with van der Waals surface area (Å²) in [6.45, 7) is 1.97. The predicted octanol–water partition coefficient (Wildman–Crippen LogP) is 1.97. The van der Waals surface area contributed by atoms with Crippen molar-refractivity contribution in [3.05, 3.63) is 58.6 Å². The van der Waals surface area contributed by atoms with E-state index in [9.17, 15) is 19.1 Å². The summed E-state index contributed by atoms with van der Waals surface area (Å²) in [6, 6.07) is 5.62. The fraction of sp³-hybridized carbons (Fsp3) is 0.278. The molecule has 2 aromatic rings. The van der Waals surface area contributed by atoms with Crippen LogP contribution in [0.25, 0.3) is 0 Å². The summed E-state index contributed by atoms with van der Waals surface area (Å²) in [5, 5.41) is 13.3. The minimum atomic E-state index is -2.17. The fourth-order valence-corrected chi connectivity index (χ4v) is 3.13. The van der Waals surface area contributed by atoms with E-state index in [-0.39, 0.29) is 24.5 Å². The molecule has 1 unspecified atom stereocenters. The first-order valence-electron chi connectivity index (χ1n) is 7.99. The van der Waals surface area contributed by atoms with Crippen molar-refractivity contribution in [1.29, 1.82) is 0 Å². The number of aryl methyl sites for hydroxylation is 1. The van der Waals surface area contributed by atoms with Crippen molar-refractivity contribution in [3.8, 4) is 0 Å². The Bertz CT molecular complexity index is 856. The largest absolute Gasteiger partial charge is 0.372 e. The third kappa shape index (κ3) is 3.54. The number of aromatic nitrogens is 1. The normalized spacial score (nSPS) is 19.7. The Morgan fingerprint density at radius 2 is 2.15 bits per heavy atom. The number of amides is 2. The summed E-state index contributed by atoms with van der Waals surface area (Å²) in [5.74, 6) is -2.07. The number of halogens is 2. The Morgan fingerprint density at radius 3 is 2.85 bits per heavy atom. The first kappa shape index (κ1) is 18.3. The van der Waals surface area contributed by atoms with Gasteiger partial charge in [-0.15, -0.1) is 0 Å². The maximum absolute atomic E-state index is 13.3. The summed E-state index contributed by atoms with van der Waals surface area (Å²) in [7, 11) is 0. The molecule has 0 saturated carbocycles. The van der Waals surface area contributed by atoms with Crippen molar-refractivity contribution in [2.24, 2.45) is 0 Å². The first-order chi connectivity index (χ1) is 12.3. The molecule has 0 spiro atoms. The lowest BCUT2D eigenvalue weighted by molar-refractivity contribution is -0.149. The number of pyridine rings is 1. The summed E-state index contributed by atoms with van der Waals surface area (Å²) in [5.41, 5.74) is -0.355. The van der Waals surface area contributed by atoms with Crippen molar-refractivity contribution in [2.45, 2.75) is 25.5 Å². The predicted molar refractivity (Wildman–Crippen MR) is 94.2 cm³/mol. The monoisotopic (exact) mass is 377 g/mol. The number of benzene rings is 1. The molecule has 0 radical (unpaired) electrons. The van der Waals surface area contributed by atoms with E-state index < -0.39 is 23.2 Å². The van der Waals surface area contributed by atoms with Gasteiger partial charge in [-0.3, -0.25) is 14.6 Å². The van der Waals surface area contributed by atoms with E-state index in [1.165, 1.54) is 23.2 Å². The molecule has 2 amide bonds. The molecule has 8 heteroatoms. The zero-order valence-electron chi connectivity index (χ0n) is 14.0. The van der Waals surface area contributed by atoms with E-state index in [4.69, 9.17) is 11.6 Å². The van der Waals surface area contributed by atoms with Crippen LogP contribution in [-0.4, -0.2) is 34.1 Å². The number of nitrogens with one attached hydrogen (secondary N) is 1. The molecule has 2 heterocycles. The second-order valence-corrected chi connectivity index (χ2v) is 6.68. The number of aliphatic hydroxyl groups is 1. The molecular formula is C18H17ClFN3O3. The lowest BCUT2D eigenvalue weighted by atomic mass is 10.0. The number of anilines is 1. The van der Waals surface area contributed by atoms with Gasteiger partial charge in [0.15, 0.2) is 0 Å². The SMILES string of the molecule is Cc1cncc(N2CCC(O)(C(=O)NCc3cc(F)cc(Cl)c3)C2=O)c1. The van der Waals surface area contributed by atoms with Gasteiger partial charge in [0.25, 0.3) is 11.8 Å². The van der Waals surface area contributed by atoms with Crippen LogP contribution in [0.4, 0.5) is 10.1 Å². The molecule has 1 aromatic heterocycles. The Hall–Kier alpha value is -2.51. The topological polar surface area (TPSA) is 82.5 Å². The molecule has 0 bridgehead atoms. The Balaban J connectivity index is 1.71. The van der Waals surface area contributed by atoms with Gasteiger partial charge in [0.05, 0.1) is 11.9 Å². The summed E-state index contributed by atoms with van der Waals surface area (Å²) in [4.78, 5) is 30.4. The van der Waals surface area contributed by atoms with Gasteiger partial charge in [-0.1, -0.05) is 11.6 Å². The number of carbonyl (C=O) groups excluding carboxylic acids is 2. The highest BCUT2D eigenvalue weighted by molar-refractivity contribution is 6.30. The van der Waals surface area contributed by atoms with Crippen molar-refractivity contribution < 1.29 is 19.1 Å². The van der Waals surface area contributed by atoms with E-state index in [0.29, 0.717) is 11.3 Å². The second-order valence-electron chi connectivity index (χ2n) is 6.25. The number of hydrogen-bond donors (Lipinski definition) is 2. The molecule has 3 rings (SSSR count). The van der Waals surface area contributed by atoms with Crippen molar-refractivity contribution >= 4 is 29.1 Å². The van der Waals surface area contributed by atoms with Crippen molar-refractivity contribution in [1.82, 2.24) is 10.3 Å². The van der Waals surface area contributed by atoms with Gasteiger partial charge in [0, 0.05) is 30.7 Å². The first-order valence-corrected chi connectivity index (χ1v) is 8.37. The zero-order valence-corrected chi connectivity index (χ0v) is 14.8. The van der Waals surface area contributed by atoms with Crippen LogP contribution in [0.1, 0.15) is 17.5 Å². The maximum atomic E-state index is 13.3. The van der Waals surface area contributed by atoms with E-state index in [1.54, 1.807) is 12.3 Å². The molecular weight excluding hydrogens is 361 g/mol. The minimum Gasteiger partial charge on any atom is -0.372 e. The van der Waals surface area contributed by atoms with E-state index in [2.05, 4.69) is 10.3 Å². The highest BCUT2D eigenvalue weighted by atomic mass is 35.5. The van der Waals surface area contributed by atoms with Crippen molar-refractivity contribution in [2.75, 3.05) is 11.4 Å². The highest BCUT2D eigenvalue weighted by Crippen LogP contribution is 2.28. The van der Waals surface area contributed by atoms with Crippen LogP contribution in [0, 0.1) is 12.7 Å². The van der Waals surface area contributed by atoms with Crippen LogP contribution in [0.15, 0.2) is 36.7 Å². The van der Waals surface area contributed by atoms with Gasteiger partial charge < -0.3 is 15.3 Å². The molecule has 136 valence electrons. The number of rotatable bonds is 4. The minimum absolute atomic E-state index is 0.0461. The summed E-state index contributed by atoms with van der Waals surface area (Å²) < 4.78 is 13.3. The fourth-order valence-electron chi connectivity index (χ4n) is 2.89. The summed E-state index contributed by atoms with van der Waals surface area (Å²) in [6.07, 6.45) is 3.10. The summed E-state index contributed by atoms with van der Waals surface area (Å²) >= 11 is 5.77. The van der Waals surface area contributed by atoms with Crippen LogP contribution in [0.2, 0.25) is 5.02 Å². The standard InChI is InChI=1S/C18H17ClFN3O3/c1-11-4-15(10-21-8-11)23-3-2-18(26,17(23)25)16(24)22-9-12-5-13(19)7-14(20)6-12/h4-8,10,26H,2-3,9H2,1H3,(H,22,24). The van der Waals surface area contributed by atoms with Gasteiger partial charge in [-0.25, -0.2) is 4.39 Å². The van der Waals surface area contributed by atoms with Crippen LogP contribution in [-0.2, 0) is 16.1 Å². The smallest absolute Gasteiger partial charge is 0.268 e. The molecule has 1 saturated heterocycles. The molecule has 2 N–H and O–H groups in total. The maximum Gasteiger partial charge on any atom is 0.268 e. The second kappa shape index (κ2) is 7.01. The molecule has 0 aliphatic carbocycles. The van der Waals surface area contributed by atoms with E-state index in [0.717, 1.165) is 11.6 Å². The van der Waals surface area contributed by atoms with E-state index >= 15 is 0 Å². The molecule has 1 fully saturated rings. The Morgan fingerprint density at radius 1 is 1.38 bits per heavy atom. The van der Waals surface area contributed by atoms with Gasteiger partial charge in [-0.2, -0.15) is 0 Å². The number of hydrogen-bond acceptors (Lipinski definition) is 4. The average Bonchev–Trinajstić information content (AvgIpc) is 2.88. The van der Waals surface area contributed by atoms with Crippen LogP contribution in [0.3, 0.4) is 0 Å². The van der Waals surface area contributed by atoms with Crippen LogP contribution in [0.5, 0.6) is 0 Å². The lowest BCUT2D eigenvalue weighted by Crippen LogP contribution is -2.52. The Labute approximate surface area is 154 Å². The van der Waals surface area contributed by atoms with Gasteiger partial charge in [-0.05, 0) is 42.3 Å². The molecule has 1 atom stereocenters. The molecule has 6 nitrogen and oxygen atoms in total. The number of carbonyl (C=O) groups is 2. The molecule has 1 aromatic carbocycles. The third-order valence-corrected chi connectivity index (χ3v) is 4.44. The van der Waals surface area contributed by atoms with Gasteiger partial charge in [0.2, 0.25) is 5.60 Å². The molecule has 26 heavy (non-hydrogen) atoms. The van der Waals surface area contributed by atoms with E-state index in [1.807, 2.05) is 6.92 Å². The van der Waals surface area contributed by atoms with Crippen molar-refractivity contribution in [3.63, 3.8) is 0 Å². The van der Waals surface area contributed by atoms with Crippen LogP contribution >= 0.6 is 11.6 Å². The third-order valence-electron chi connectivity index (χ3n) is 4.22.